The van der Waals surface area contributed by atoms with E-state index in [1.165, 1.54) is 13.1 Å². The van der Waals surface area contributed by atoms with Gasteiger partial charge in [0.25, 0.3) is 0 Å². The standard InChI is InChI=1S/C20H14F5N3O2/c1-9-20(26-7-13(27-9)11-4-2-10(8-29)3-5-11)28-14(30)6-12-15(21)17(23)19(25)18(24)16(12)22/h2-5,7,29H,6,8H2,1H3,(H,26,28,30). The van der Waals surface area contributed by atoms with Crippen LogP contribution in [0.3, 0.4) is 0 Å². The van der Waals surface area contributed by atoms with Crippen LogP contribution in [0.4, 0.5) is 27.8 Å². The van der Waals surface area contributed by atoms with Gasteiger partial charge in [-0.25, -0.2) is 31.9 Å². The first-order chi connectivity index (χ1) is 14.2. The third-order valence-electron chi connectivity index (χ3n) is 4.27. The highest BCUT2D eigenvalue weighted by molar-refractivity contribution is 5.92. The number of aryl methyl sites for hydroxylation is 1. The number of rotatable bonds is 5. The Bertz CT molecular complexity index is 1090. The van der Waals surface area contributed by atoms with Gasteiger partial charge in [-0.05, 0) is 12.5 Å². The Balaban J connectivity index is 1.79. The molecule has 5 nitrogen and oxygen atoms in total. The molecule has 0 fully saturated rings. The number of nitrogens with zero attached hydrogens (tertiary/aromatic N) is 2. The normalized spacial score (nSPS) is 10.9. The van der Waals surface area contributed by atoms with Gasteiger partial charge in [0, 0.05) is 11.1 Å². The van der Waals surface area contributed by atoms with E-state index in [1.807, 2.05) is 0 Å². The Labute approximate surface area is 167 Å². The Morgan fingerprint density at radius 1 is 0.967 bits per heavy atom. The van der Waals surface area contributed by atoms with E-state index < -0.39 is 47.0 Å². The van der Waals surface area contributed by atoms with Gasteiger partial charge in [-0.1, -0.05) is 24.3 Å². The number of aliphatic hydroxyl groups is 1. The Morgan fingerprint density at radius 2 is 1.53 bits per heavy atom. The Kier molecular flexibility index (Phi) is 6.06. The van der Waals surface area contributed by atoms with Crippen molar-refractivity contribution in [3.63, 3.8) is 0 Å². The average molecular weight is 423 g/mol. The Morgan fingerprint density at radius 3 is 2.07 bits per heavy atom. The number of carbonyl (C=O) groups excluding carboxylic acids is 1. The van der Waals surface area contributed by atoms with Crippen molar-refractivity contribution in [2.75, 3.05) is 5.32 Å². The smallest absolute Gasteiger partial charge is 0.230 e. The van der Waals surface area contributed by atoms with Crippen LogP contribution in [-0.4, -0.2) is 21.0 Å². The molecule has 1 amide bonds. The Hall–Kier alpha value is -3.40. The maximum absolute atomic E-state index is 13.7. The van der Waals surface area contributed by atoms with Crippen molar-refractivity contribution in [2.45, 2.75) is 20.0 Å². The SMILES string of the molecule is Cc1nc(-c2ccc(CO)cc2)cnc1NC(=O)Cc1c(F)c(F)c(F)c(F)c1F. The summed E-state index contributed by atoms with van der Waals surface area (Å²) in [6.45, 7) is 1.41. The summed E-state index contributed by atoms with van der Waals surface area (Å²) < 4.78 is 67.1. The van der Waals surface area contributed by atoms with Gasteiger partial charge >= 0.3 is 0 Å². The van der Waals surface area contributed by atoms with E-state index in [2.05, 4.69) is 15.3 Å². The van der Waals surface area contributed by atoms with Crippen LogP contribution in [0, 0.1) is 36.0 Å². The van der Waals surface area contributed by atoms with E-state index in [1.54, 1.807) is 24.3 Å². The maximum atomic E-state index is 13.7. The fraction of sp³-hybridized carbons (Fsp3) is 0.150. The molecular formula is C20H14F5N3O2. The molecule has 0 saturated carbocycles. The van der Waals surface area contributed by atoms with Crippen molar-refractivity contribution >= 4 is 11.7 Å². The molecule has 0 aliphatic carbocycles. The van der Waals surface area contributed by atoms with Crippen LogP contribution in [0.25, 0.3) is 11.3 Å². The first kappa shape index (κ1) is 21.3. The van der Waals surface area contributed by atoms with E-state index >= 15 is 0 Å². The van der Waals surface area contributed by atoms with Gasteiger partial charge in [0.15, 0.2) is 29.1 Å². The summed E-state index contributed by atoms with van der Waals surface area (Å²) in [5, 5.41) is 11.3. The number of aliphatic hydroxyl groups excluding tert-OH is 1. The molecule has 0 aliphatic rings. The lowest BCUT2D eigenvalue weighted by atomic mass is 10.1. The van der Waals surface area contributed by atoms with Crippen LogP contribution in [0.2, 0.25) is 0 Å². The second-order valence-corrected chi connectivity index (χ2v) is 6.32. The fourth-order valence-corrected chi connectivity index (χ4v) is 2.67. The molecule has 0 saturated heterocycles. The topological polar surface area (TPSA) is 75.1 Å². The molecule has 2 N–H and O–H groups in total. The highest BCUT2D eigenvalue weighted by Gasteiger charge is 2.27. The molecule has 30 heavy (non-hydrogen) atoms. The van der Waals surface area contributed by atoms with Crippen molar-refractivity contribution in [2.24, 2.45) is 0 Å². The van der Waals surface area contributed by atoms with Crippen molar-refractivity contribution in [3.05, 3.63) is 76.4 Å². The summed E-state index contributed by atoms with van der Waals surface area (Å²) in [6, 6.07) is 6.84. The summed E-state index contributed by atoms with van der Waals surface area (Å²) in [5.41, 5.74) is 0.900. The van der Waals surface area contributed by atoms with Crippen LogP contribution in [-0.2, 0) is 17.8 Å². The predicted octanol–water partition coefficient (Wildman–Crippen LogP) is 3.82. The molecular weight excluding hydrogens is 409 g/mol. The molecule has 0 bridgehead atoms. The first-order valence-electron chi connectivity index (χ1n) is 8.56. The van der Waals surface area contributed by atoms with Gasteiger partial charge < -0.3 is 10.4 Å². The second-order valence-electron chi connectivity index (χ2n) is 6.32. The number of carbonyl (C=O) groups is 1. The van der Waals surface area contributed by atoms with Gasteiger partial charge in [0.2, 0.25) is 11.7 Å². The van der Waals surface area contributed by atoms with Gasteiger partial charge in [-0.2, -0.15) is 0 Å². The molecule has 0 unspecified atom stereocenters. The van der Waals surface area contributed by atoms with Gasteiger partial charge in [-0.15, -0.1) is 0 Å². The minimum Gasteiger partial charge on any atom is -0.392 e. The lowest BCUT2D eigenvalue weighted by Crippen LogP contribution is -2.19. The number of benzene rings is 2. The summed E-state index contributed by atoms with van der Waals surface area (Å²) in [5.74, 6) is -11.7. The maximum Gasteiger partial charge on any atom is 0.230 e. The quantitative estimate of drug-likeness (QED) is 0.372. The summed E-state index contributed by atoms with van der Waals surface area (Å²) in [7, 11) is 0. The van der Waals surface area contributed by atoms with Crippen molar-refractivity contribution < 1.29 is 31.9 Å². The number of amides is 1. The molecule has 2 aromatic carbocycles. The van der Waals surface area contributed by atoms with Gasteiger partial charge in [-0.3, -0.25) is 4.79 Å². The number of hydrogen-bond acceptors (Lipinski definition) is 4. The van der Waals surface area contributed by atoms with Crippen LogP contribution in [0.1, 0.15) is 16.8 Å². The minimum atomic E-state index is -2.29. The fourth-order valence-electron chi connectivity index (χ4n) is 2.67. The molecule has 0 atom stereocenters. The third kappa shape index (κ3) is 4.13. The predicted molar refractivity (Wildman–Crippen MR) is 96.7 cm³/mol. The zero-order valence-corrected chi connectivity index (χ0v) is 15.4. The zero-order valence-electron chi connectivity index (χ0n) is 15.4. The lowest BCUT2D eigenvalue weighted by molar-refractivity contribution is -0.115. The lowest BCUT2D eigenvalue weighted by Gasteiger charge is -2.11. The molecule has 156 valence electrons. The van der Waals surface area contributed by atoms with E-state index in [-0.39, 0.29) is 18.1 Å². The molecule has 0 spiro atoms. The number of halogens is 5. The van der Waals surface area contributed by atoms with E-state index in [4.69, 9.17) is 5.11 Å². The van der Waals surface area contributed by atoms with Crippen LogP contribution in [0.15, 0.2) is 30.5 Å². The van der Waals surface area contributed by atoms with Crippen molar-refractivity contribution in [1.29, 1.82) is 0 Å². The van der Waals surface area contributed by atoms with E-state index in [0.717, 1.165) is 0 Å². The van der Waals surface area contributed by atoms with Crippen LogP contribution in [0.5, 0.6) is 0 Å². The van der Waals surface area contributed by atoms with Gasteiger partial charge in [0.05, 0.1) is 30.6 Å². The number of aromatic nitrogens is 2. The number of anilines is 1. The van der Waals surface area contributed by atoms with Crippen molar-refractivity contribution in [3.8, 4) is 11.3 Å². The zero-order chi connectivity index (χ0) is 22.0. The van der Waals surface area contributed by atoms with Crippen LogP contribution < -0.4 is 5.32 Å². The molecule has 0 radical (unpaired) electrons. The minimum absolute atomic E-state index is 0.0281. The number of hydrogen-bond donors (Lipinski definition) is 2. The molecule has 10 heteroatoms. The second kappa shape index (κ2) is 8.54. The monoisotopic (exact) mass is 423 g/mol. The van der Waals surface area contributed by atoms with E-state index in [9.17, 15) is 26.7 Å². The molecule has 1 aromatic heterocycles. The molecule has 3 aromatic rings. The first-order valence-corrected chi connectivity index (χ1v) is 8.56. The highest BCUT2D eigenvalue weighted by atomic mass is 19.2. The summed E-state index contributed by atoms with van der Waals surface area (Å²) in [4.78, 5) is 20.4. The highest BCUT2D eigenvalue weighted by Crippen LogP contribution is 2.24. The summed E-state index contributed by atoms with van der Waals surface area (Å²) >= 11 is 0. The largest absolute Gasteiger partial charge is 0.392 e. The van der Waals surface area contributed by atoms with Crippen LogP contribution >= 0.6 is 0 Å². The van der Waals surface area contributed by atoms with Gasteiger partial charge in [0.1, 0.15) is 0 Å². The summed E-state index contributed by atoms with van der Waals surface area (Å²) in [6.07, 6.45) is 0.256. The molecule has 0 aliphatic heterocycles. The molecule has 1 heterocycles. The number of nitrogens with one attached hydrogen (secondary N) is 1. The third-order valence-corrected chi connectivity index (χ3v) is 4.27. The molecule has 3 rings (SSSR count). The average Bonchev–Trinajstić information content (AvgIpc) is 2.75. The van der Waals surface area contributed by atoms with Crippen molar-refractivity contribution in [1.82, 2.24) is 9.97 Å². The van der Waals surface area contributed by atoms with E-state index in [0.29, 0.717) is 16.8 Å².